The van der Waals surface area contributed by atoms with E-state index in [1.54, 1.807) is 7.11 Å². The molecule has 5 nitrogen and oxygen atoms in total. The highest BCUT2D eigenvalue weighted by atomic mass is 79.9. The fourth-order valence-corrected chi connectivity index (χ4v) is 3.40. The second-order valence-electron chi connectivity index (χ2n) is 6.23. The number of guanidine groups is 1. The average Bonchev–Trinajstić information content (AvgIpc) is 3.27. The molecule has 2 aromatic rings. The Morgan fingerprint density at radius 3 is 2.84 bits per heavy atom. The molecule has 0 radical (unpaired) electrons. The molecule has 1 atom stereocenters. The Kier molecular flexibility index (Phi) is 6.15. The standard InChI is InChI=1S/C19H24BrN3O2/c1-21-19(23-10-9-14(12-23)13-24-2)22-11-17-7-8-18(25-17)15-3-5-16(20)6-4-15/h3-8,14H,9-13H2,1-2H3,(H,21,22). The van der Waals surface area contributed by atoms with E-state index in [1.165, 1.54) is 0 Å². The van der Waals surface area contributed by atoms with Gasteiger partial charge < -0.3 is 19.4 Å². The first-order chi connectivity index (χ1) is 12.2. The second-order valence-corrected chi connectivity index (χ2v) is 7.15. The lowest BCUT2D eigenvalue weighted by Gasteiger charge is -2.21. The first kappa shape index (κ1) is 18.0. The van der Waals surface area contributed by atoms with Gasteiger partial charge in [0.25, 0.3) is 0 Å². The number of benzene rings is 1. The van der Waals surface area contributed by atoms with E-state index >= 15 is 0 Å². The maximum atomic E-state index is 5.96. The smallest absolute Gasteiger partial charge is 0.194 e. The quantitative estimate of drug-likeness (QED) is 0.607. The van der Waals surface area contributed by atoms with E-state index in [2.05, 4.69) is 31.1 Å². The summed E-state index contributed by atoms with van der Waals surface area (Å²) in [7, 11) is 3.58. The van der Waals surface area contributed by atoms with E-state index < -0.39 is 0 Å². The predicted octanol–water partition coefficient (Wildman–Crippen LogP) is 3.75. The minimum Gasteiger partial charge on any atom is -0.459 e. The van der Waals surface area contributed by atoms with Gasteiger partial charge in [0, 0.05) is 43.2 Å². The zero-order valence-corrected chi connectivity index (χ0v) is 16.3. The molecule has 2 heterocycles. The number of ether oxygens (including phenoxy) is 1. The van der Waals surface area contributed by atoms with Gasteiger partial charge in [-0.2, -0.15) is 0 Å². The molecule has 0 spiro atoms. The number of hydrogen-bond acceptors (Lipinski definition) is 3. The summed E-state index contributed by atoms with van der Waals surface area (Å²) in [5.74, 6) is 3.27. The Balaban J connectivity index is 1.57. The third kappa shape index (κ3) is 4.64. The summed E-state index contributed by atoms with van der Waals surface area (Å²) in [6.07, 6.45) is 1.14. The molecule has 1 unspecified atom stereocenters. The van der Waals surface area contributed by atoms with Crippen LogP contribution in [0.25, 0.3) is 11.3 Å². The van der Waals surface area contributed by atoms with E-state index in [1.807, 2.05) is 43.4 Å². The summed E-state index contributed by atoms with van der Waals surface area (Å²) in [6, 6.07) is 12.1. The van der Waals surface area contributed by atoms with Crippen molar-refractivity contribution in [1.82, 2.24) is 10.2 Å². The summed E-state index contributed by atoms with van der Waals surface area (Å²) in [5, 5.41) is 3.40. The number of aliphatic imine (C=N–C) groups is 1. The molecule has 0 saturated carbocycles. The van der Waals surface area contributed by atoms with Gasteiger partial charge in [-0.05, 0) is 30.7 Å². The molecule has 1 aliphatic rings. The summed E-state index contributed by atoms with van der Waals surface area (Å²) < 4.78 is 12.3. The van der Waals surface area contributed by atoms with Crippen molar-refractivity contribution in [2.45, 2.75) is 13.0 Å². The molecule has 1 saturated heterocycles. The number of rotatable bonds is 5. The third-order valence-electron chi connectivity index (χ3n) is 4.41. The highest BCUT2D eigenvalue weighted by molar-refractivity contribution is 9.10. The molecule has 134 valence electrons. The van der Waals surface area contributed by atoms with Crippen LogP contribution < -0.4 is 5.32 Å². The highest BCUT2D eigenvalue weighted by Gasteiger charge is 2.24. The molecule has 1 aromatic heterocycles. The Morgan fingerprint density at radius 1 is 1.32 bits per heavy atom. The van der Waals surface area contributed by atoms with E-state index in [9.17, 15) is 0 Å². The predicted molar refractivity (Wildman–Crippen MR) is 104 cm³/mol. The van der Waals surface area contributed by atoms with Crippen molar-refractivity contribution in [1.29, 1.82) is 0 Å². The zero-order chi connectivity index (χ0) is 17.6. The summed E-state index contributed by atoms with van der Waals surface area (Å²) >= 11 is 3.45. The van der Waals surface area contributed by atoms with Gasteiger partial charge in [-0.25, -0.2) is 0 Å². The largest absolute Gasteiger partial charge is 0.459 e. The van der Waals surface area contributed by atoms with Crippen LogP contribution in [0.15, 0.2) is 50.3 Å². The second kappa shape index (κ2) is 8.54. The van der Waals surface area contributed by atoms with E-state index in [0.717, 1.165) is 53.6 Å². The number of hydrogen-bond donors (Lipinski definition) is 1. The van der Waals surface area contributed by atoms with Gasteiger partial charge in [0.1, 0.15) is 11.5 Å². The van der Waals surface area contributed by atoms with Crippen LogP contribution in [0.2, 0.25) is 0 Å². The van der Waals surface area contributed by atoms with E-state index in [4.69, 9.17) is 9.15 Å². The van der Waals surface area contributed by atoms with Crippen LogP contribution in [0, 0.1) is 5.92 Å². The molecule has 3 rings (SSSR count). The molecule has 0 amide bonds. The molecule has 1 aliphatic heterocycles. The fraction of sp³-hybridized carbons (Fsp3) is 0.421. The van der Waals surface area contributed by atoms with Crippen molar-refractivity contribution in [2.75, 3.05) is 33.9 Å². The average molecular weight is 406 g/mol. The lowest BCUT2D eigenvalue weighted by atomic mass is 10.1. The van der Waals surface area contributed by atoms with Crippen molar-refractivity contribution in [3.8, 4) is 11.3 Å². The molecular weight excluding hydrogens is 382 g/mol. The number of likely N-dealkylation sites (tertiary alicyclic amines) is 1. The van der Waals surface area contributed by atoms with Gasteiger partial charge in [0.2, 0.25) is 0 Å². The number of halogens is 1. The number of nitrogens with one attached hydrogen (secondary N) is 1. The topological polar surface area (TPSA) is 50.0 Å². The van der Waals surface area contributed by atoms with Crippen LogP contribution in [-0.4, -0.2) is 44.7 Å². The van der Waals surface area contributed by atoms with Crippen molar-refractivity contribution in [3.05, 3.63) is 46.6 Å². The Hall–Kier alpha value is -1.79. The van der Waals surface area contributed by atoms with Crippen LogP contribution in [0.3, 0.4) is 0 Å². The normalized spacial score (nSPS) is 18.0. The molecule has 25 heavy (non-hydrogen) atoms. The van der Waals surface area contributed by atoms with E-state index in [0.29, 0.717) is 12.5 Å². The summed E-state index contributed by atoms with van der Waals surface area (Å²) in [5.41, 5.74) is 1.07. The van der Waals surface area contributed by atoms with Crippen LogP contribution in [-0.2, 0) is 11.3 Å². The van der Waals surface area contributed by atoms with Gasteiger partial charge >= 0.3 is 0 Å². The lowest BCUT2D eigenvalue weighted by Crippen LogP contribution is -2.39. The fourth-order valence-electron chi connectivity index (χ4n) is 3.14. The first-order valence-corrected chi connectivity index (χ1v) is 9.28. The molecular formula is C19H24BrN3O2. The highest BCUT2D eigenvalue weighted by Crippen LogP contribution is 2.24. The molecule has 1 fully saturated rings. The van der Waals surface area contributed by atoms with Crippen molar-refractivity contribution >= 4 is 21.9 Å². The van der Waals surface area contributed by atoms with Crippen molar-refractivity contribution in [3.63, 3.8) is 0 Å². The summed E-state index contributed by atoms with van der Waals surface area (Å²) in [4.78, 5) is 6.68. The van der Waals surface area contributed by atoms with Crippen LogP contribution >= 0.6 is 15.9 Å². The van der Waals surface area contributed by atoms with Gasteiger partial charge in [0.15, 0.2) is 5.96 Å². The minimum atomic E-state index is 0.580. The minimum absolute atomic E-state index is 0.580. The third-order valence-corrected chi connectivity index (χ3v) is 4.94. The van der Waals surface area contributed by atoms with Crippen molar-refractivity contribution < 1.29 is 9.15 Å². The van der Waals surface area contributed by atoms with Gasteiger partial charge in [-0.1, -0.05) is 28.1 Å². The molecule has 6 heteroatoms. The van der Waals surface area contributed by atoms with Crippen LogP contribution in [0.5, 0.6) is 0 Å². The van der Waals surface area contributed by atoms with Crippen molar-refractivity contribution in [2.24, 2.45) is 10.9 Å². The SMILES string of the molecule is CN=C(NCc1ccc(-c2ccc(Br)cc2)o1)N1CCC(COC)C1. The van der Waals surface area contributed by atoms with E-state index in [-0.39, 0.29) is 0 Å². The van der Waals surface area contributed by atoms with Gasteiger partial charge in [-0.15, -0.1) is 0 Å². The number of furan rings is 1. The molecule has 1 aromatic carbocycles. The maximum Gasteiger partial charge on any atom is 0.194 e. The Morgan fingerprint density at radius 2 is 2.12 bits per heavy atom. The van der Waals surface area contributed by atoms with Gasteiger partial charge in [0.05, 0.1) is 13.2 Å². The Bertz CT molecular complexity index is 712. The first-order valence-electron chi connectivity index (χ1n) is 8.48. The zero-order valence-electron chi connectivity index (χ0n) is 14.7. The van der Waals surface area contributed by atoms with Gasteiger partial charge in [-0.3, -0.25) is 4.99 Å². The van der Waals surface area contributed by atoms with Crippen LogP contribution in [0.4, 0.5) is 0 Å². The number of methoxy groups -OCH3 is 1. The Labute approximate surface area is 157 Å². The van der Waals surface area contributed by atoms with Crippen LogP contribution in [0.1, 0.15) is 12.2 Å². The molecule has 0 aliphatic carbocycles. The number of nitrogens with zero attached hydrogens (tertiary/aromatic N) is 2. The molecule has 0 bridgehead atoms. The monoisotopic (exact) mass is 405 g/mol. The molecule has 1 N–H and O–H groups in total. The maximum absolute atomic E-state index is 5.96. The summed E-state index contributed by atoms with van der Waals surface area (Å²) in [6.45, 7) is 3.42. The lowest BCUT2D eigenvalue weighted by molar-refractivity contribution is 0.157.